The van der Waals surface area contributed by atoms with Gasteiger partial charge in [-0.15, -0.1) is 0 Å². The minimum Gasteiger partial charge on any atom is -0.360 e. The number of thiocarbonyl (C=S) groups is 1. The van der Waals surface area contributed by atoms with Crippen LogP contribution in [0.4, 0.5) is 10.1 Å². The van der Waals surface area contributed by atoms with Crippen molar-refractivity contribution in [3.63, 3.8) is 0 Å². The molecule has 0 saturated carbocycles. The van der Waals surface area contributed by atoms with Crippen molar-refractivity contribution in [1.82, 2.24) is 5.32 Å². The molecule has 0 bridgehead atoms. The van der Waals surface area contributed by atoms with Crippen molar-refractivity contribution >= 4 is 23.0 Å². The summed E-state index contributed by atoms with van der Waals surface area (Å²) in [6, 6.07) is 6.58. The number of nitrogens with one attached hydrogen (secondary N) is 2. The number of hydrogen-bond donors (Lipinski definition) is 2. The van der Waals surface area contributed by atoms with E-state index in [0.29, 0.717) is 16.8 Å². The van der Waals surface area contributed by atoms with E-state index in [4.69, 9.17) is 12.2 Å². The van der Waals surface area contributed by atoms with E-state index in [9.17, 15) is 4.39 Å². The maximum Gasteiger partial charge on any atom is 0.170 e. The molecule has 0 amide bonds. The minimum atomic E-state index is -0.269. The third-order valence-corrected chi connectivity index (χ3v) is 2.40. The molecule has 1 aromatic carbocycles. The monoisotopic (exact) mass is 240 g/mol. The maximum atomic E-state index is 12.9. The first-order valence-electron chi connectivity index (χ1n) is 5.45. The molecule has 0 aliphatic rings. The summed E-state index contributed by atoms with van der Waals surface area (Å²) in [5.41, 5.74) is 0.668. The molecule has 88 valence electrons. The average molecular weight is 240 g/mol. The summed E-state index contributed by atoms with van der Waals surface area (Å²) in [5.74, 6) is -0.269. The number of benzene rings is 1. The Labute approximate surface area is 101 Å². The van der Waals surface area contributed by atoms with E-state index in [1.54, 1.807) is 12.1 Å². The maximum absolute atomic E-state index is 12.9. The van der Waals surface area contributed by atoms with Crippen LogP contribution in [0.15, 0.2) is 24.3 Å². The highest BCUT2D eigenvalue weighted by Gasteiger charge is 2.03. The van der Waals surface area contributed by atoms with Crippen LogP contribution in [0.2, 0.25) is 0 Å². The van der Waals surface area contributed by atoms with Gasteiger partial charge < -0.3 is 10.6 Å². The van der Waals surface area contributed by atoms with E-state index in [0.717, 1.165) is 12.8 Å². The molecular formula is C12H17FN2S. The van der Waals surface area contributed by atoms with Crippen molar-refractivity contribution in [2.24, 2.45) is 0 Å². The van der Waals surface area contributed by atoms with Gasteiger partial charge in [-0.25, -0.2) is 4.39 Å². The lowest BCUT2D eigenvalue weighted by Gasteiger charge is -2.16. The fourth-order valence-corrected chi connectivity index (χ4v) is 1.78. The fraction of sp³-hybridized carbons (Fsp3) is 0.417. The van der Waals surface area contributed by atoms with E-state index in [-0.39, 0.29) is 5.82 Å². The van der Waals surface area contributed by atoms with Gasteiger partial charge in [-0.3, -0.25) is 0 Å². The largest absolute Gasteiger partial charge is 0.360 e. The van der Waals surface area contributed by atoms with Crippen LogP contribution in [0, 0.1) is 5.82 Å². The summed E-state index contributed by atoms with van der Waals surface area (Å²) in [7, 11) is 0. The molecule has 0 aliphatic carbocycles. The molecule has 0 radical (unpaired) electrons. The van der Waals surface area contributed by atoms with Crippen molar-refractivity contribution in [3.8, 4) is 0 Å². The van der Waals surface area contributed by atoms with E-state index in [2.05, 4.69) is 24.5 Å². The first-order chi connectivity index (χ1) is 7.61. The lowest BCUT2D eigenvalue weighted by atomic mass is 10.2. The van der Waals surface area contributed by atoms with Gasteiger partial charge in [-0.05, 0) is 43.8 Å². The van der Waals surface area contributed by atoms with Crippen LogP contribution >= 0.6 is 12.2 Å². The topological polar surface area (TPSA) is 24.1 Å². The standard InChI is InChI=1S/C12H17FN2S/c1-3-5-9(2)14-12(16)15-11-7-4-6-10(13)8-11/h4,6-9H,3,5H2,1-2H3,(H2,14,15,16). The Morgan fingerprint density at radius 2 is 2.25 bits per heavy atom. The van der Waals surface area contributed by atoms with Crippen molar-refractivity contribution in [1.29, 1.82) is 0 Å². The van der Waals surface area contributed by atoms with Gasteiger partial charge in [0, 0.05) is 11.7 Å². The number of anilines is 1. The van der Waals surface area contributed by atoms with Crippen LogP contribution in [0.3, 0.4) is 0 Å². The van der Waals surface area contributed by atoms with E-state index in [1.165, 1.54) is 12.1 Å². The van der Waals surface area contributed by atoms with Gasteiger partial charge in [0.2, 0.25) is 0 Å². The SMILES string of the molecule is CCCC(C)NC(=S)Nc1cccc(F)c1. The molecule has 1 aromatic rings. The molecule has 1 atom stereocenters. The van der Waals surface area contributed by atoms with Gasteiger partial charge in [-0.1, -0.05) is 19.4 Å². The van der Waals surface area contributed by atoms with Crippen LogP contribution in [-0.2, 0) is 0 Å². The van der Waals surface area contributed by atoms with Gasteiger partial charge in [0.05, 0.1) is 0 Å². The lowest BCUT2D eigenvalue weighted by Crippen LogP contribution is -2.35. The molecule has 0 saturated heterocycles. The zero-order valence-electron chi connectivity index (χ0n) is 9.59. The van der Waals surface area contributed by atoms with Crippen LogP contribution in [0.25, 0.3) is 0 Å². The van der Waals surface area contributed by atoms with E-state index in [1.807, 2.05) is 0 Å². The van der Waals surface area contributed by atoms with Gasteiger partial charge >= 0.3 is 0 Å². The quantitative estimate of drug-likeness (QED) is 0.790. The van der Waals surface area contributed by atoms with Crippen LogP contribution < -0.4 is 10.6 Å². The highest BCUT2D eigenvalue weighted by molar-refractivity contribution is 7.80. The fourth-order valence-electron chi connectivity index (χ4n) is 1.46. The second-order valence-corrected chi connectivity index (χ2v) is 4.21. The van der Waals surface area contributed by atoms with Crippen molar-refractivity contribution < 1.29 is 4.39 Å². The predicted molar refractivity (Wildman–Crippen MR) is 70.1 cm³/mol. The first-order valence-corrected chi connectivity index (χ1v) is 5.85. The molecule has 16 heavy (non-hydrogen) atoms. The Bertz CT molecular complexity index is 355. The molecule has 1 rings (SSSR count). The summed E-state index contributed by atoms with van der Waals surface area (Å²) >= 11 is 5.13. The number of halogens is 1. The Morgan fingerprint density at radius 1 is 1.50 bits per heavy atom. The van der Waals surface area contributed by atoms with Gasteiger partial charge in [0.25, 0.3) is 0 Å². The smallest absolute Gasteiger partial charge is 0.170 e. The van der Waals surface area contributed by atoms with E-state index >= 15 is 0 Å². The summed E-state index contributed by atoms with van der Waals surface area (Å²) in [6.07, 6.45) is 2.17. The summed E-state index contributed by atoms with van der Waals surface area (Å²) < 4.78 is 12.9. The van der Waals surface area contributed by atoms with Crippen molar-refractivity contribution in [2.45, 2.75) is 32.7 Å². The zero-order chi connectivity index (χ0) is 12.0. The van der Waals surface area contributed by atoms with Crippen LogP contribution in [0.5, 0.6) is 0 Å². The molecule has 0 fully saturated rings. The molecule has 4 heteroatoms. The Kier molecular flexibility index (Phi) is 5.19. The van der Waals surface area contributed by atoms with Crippen LogP contribution in [-0.4, -0.2) is 11.2 Å². The Balaban J connectivity index is 2.45. The van der Waals surface area contributed by atoms with E-state index < -0.39 is 0 Å². The summed E-state index contributed by atoms with van der Waals surface area (Å²) in [5, 5.41) is 6.63. The highest BCUT2D eigenvalue weighted by Crippen LogP contribution is 2.08. The molecule has 0 aliphatic heterocycles. The average Bonchev–Trinajstić information content (AvgIpc) is 2.17. The Morgan fingerprint density at radius 3 is 2.88 bits per heavy atom. The zero-order valence-corrected chi connectivity index (χ0v) is 10.4. The second-order valence-electron chi connectivity index (χ2n) is 3.80. The molecule has 0 aromatic heterocycles. The number of rotatable bonds is 4. The number of hydrogen-bond acceptors (Lipinski definition) is 1. The Hall–Kier alpha value is -1.16. The lowest BCUT2D eigenvalue weighted by molar-refractivity contribution is 0.599. The highest BCUT2D eigenvalue weighted by atomic mass is 32.1. The summed E-state index contributed by atoms with van der Waals surface area (Å²) in [6.45, 7) is 4.20. The van der Waals surface area contributed by atoms with Gasteiger partial charge in [0.1, 0.15) is 5.82 Å². The van der Waals surface area contributed by atoms with Gasteiger partial charge in [0.15, 0.2) is 5.11 Å². The molecule has 2 N–H and O–H groups in total. The molecule has 0 heterocycles. The van der Waals surface area contributed by atoms with Gasteiger partial charge in [-0.2, -0.15) is 0 Å². The molecule has 1 unspecified atom stereocenters. The second kappa shape index (κ2) is 6.43. The normalized spacial score (nSPS) is 11.9. The first kappa shape index (κ1) is 12.9. The van der Waals surface area contributed by atoms with Crippen LogP contribution in [0.1, 0.15) is 26.7 Å². The van der Waals surface area contributed by atoms with Crippen molar-refractivity contribution in [2.75, 3.05) is 5.32 Å². The molecular weight excluding hydrogens is 223 g/mol. The predicted octanol–water partition coefficient (Wildman–Crippen LogP) is 3.30. The third kappa shape index (κ3) is 4.57. The molecule has 2 nitrogen and oxygen atoms in total. The summed E-state index contributed by atoms with van der Waals surface area (Å²) in [4.78, 5) is 0. The van der Waals surface area contributed by atoms with Crippen molar-refractivity contribution in [3.05, 3.63) is 30.1 Å². The third-order valence-electron chi connectivity index (χ3n) is 2.18. The minimum absolute atomic E-state index is 0.269. The molecule has 0 spiro atoms.